The van der Waals surface area contributed by atoms with Crippen molar-refractivity contribution in [2.75, 3.05) is 19.5 Å². The first-order valence-corrected chi connectivity index (χ1v) is 10.5. The summed E-state index contributed by atoms with van der Waals surface area (Å²) >= 11 is 1.46. The van der Waals surface area contributed by atoms with Crippen molar-refractivity contribution in [2.24, 2.45) is 0 Å². The molecule has 0 atom stereocenters. The van der Waals surface area contributed by atoms with Crippen LogP contribution in [0.4, 0.5) is 5.82 Å². The van der Waals surface area contributed by atoms with Crippen LogP contribution in [0.15, 0.2) is 60.0 Å². The number of hydrogen-bond donors (Lipinski definition) is 1. The maximum Gasteiger partial charge on any atom is 0.229 e. The highest BCUT2D eigenvalue weighted by Gasteiger charge is 2.15. The van der Waals surface area contributed by atoms with Crippen LogP contribution in [-0.2, 0) is 11.2 Å². The molecule has 4 aromatic rings. The zero-order valence-electron chi connectivity index (χ0n) is 17.5. The number of nitrogens with one attached hydrogen (secondary N) is 1. The summed E-state index contributed by atoms with van der Waals surface area (Å²) in [6, 6.07) is 17.0. The molecular weight excluding hydrogens is 412 g/mol. The summed E-state index contributed by atoms with van der Waals surface area (Å²) in [5.41, 5.74) is 3.52. The van der Waals surface area contributed by atoms with Crippen molar-refractivity contribution in [3.63, 3.8) is 0 Å². The topological polar surface area (TPSA) is 78.3 Å². The summed E-state index contributed by atoms with van der Waals surface area (Å²) in [4.78, 5) is 17.3. The first-order valence-electron chi connectivity index (χ1n) is 9.65. The van der Waals surface area contributed by atoms with Gasteiger partial charge in [0.15, 0.2) is 0 Å². The monoisotopic (exact) mass is 434 g/mol. The number of aryl methyl sites for hydroxylation is 1. The molecule has 1 amide bonds. The second-order valence-corrected chi connectivity index (χ2v) is 7.74. The van der Waals surface area contributed by atoms with Crippen LogP contribution < -0.4 is 14.8 Å². The van der Waals surface area contributed by atoms with Crippen molar-refractivity contribution in [1.82, 2.24) is 14.8 Å². The number of carbonyl (C=O) groups is 1. The number of hydrogen-bond acceptors (Lipinski definition) is 6. The smallest absolute Gasteiger partial charge is 0.229 e. The third kappa shape index (κ3) is 4.75. The normalized spacial score (nSPS) is 10.7. The first kappa shape index (κ1) is 20.6. The fraction of sp³-hybridized carbons (Fsp3) is 0.174. The largest absolute Gasteiger partial charge is 0.497 e. The Hall–Kier alpha value is -3.65. The van der Waals surface area contributed by atoms with Crippen molar-refractivity contribution in [3.8, 4) is 27.9 Å². The van der Waals surface area contributed by atoms with Crippen LogP contribution in [0, 0.1) is 6.92 Å². The van der Waals surface area contributed by atoms with Gasteiger partial charge in [0.2, 0.25) is 11.0 Å². The lowest BCUT2D eigenvalue weighted by Gasteiger charge is -2.07. The fourth-order valence-corrected chi connectivity index (χ4v) is 3.90. The van der Waals surface area contributed by atoms with Gasteiger partial charge in [-0.1, -0.05) is 12.1 Å². The van der Waals surface area contributed by atoms with Crippen molar-refractivity contribution in [1.29, 1.82) is 0 Å². The molecule has 158 valence electrons. The van der Waals surface area contributed by atoms with Gasteiger partial charge in [-0.15, -0.1) is 11.3 Å². The quantitative estimate of drug-likeness (QED) is 0.463. The minimum absolute atomic E-state index is 0.127. The van der Waals surface area contributed by atoms with E-state index in [-0.39, 0.29) is 12.3 Å². The Labute approximate surface area is 184 Å². The molecule has 2 aromatic heterocycles. The lowest BCUT2D eigenvalue weighted by atomic mass is 10.1. The SMILES string of the molecule is COc1ccc(CC(=O)Nc2cc(C)nn2-c2nc(-c3ccc(OC)cc3)cs2)cc1. The molecule has 0 spiro atoms. The third-order valence-corrected chi connectivity index (χ3v) is 5.50. The van der Waals surface area contributed by atoms with E-state index in [1.165, 1.54) is 11.3 Å². The van der Waals surface area contributed by atoms with E-state index < -0.39 is 0 Å². The number of rotatable bonds is 7. The van der Waals surface area contributed by atoms with Gasteiger partial charge < -0.3 is 14.8 Å². The number of thiazole rings is 1. The Morgan fingerprint density at radius 3 is 2.32 bits per heavy atom. The van der Waals surface area contributed by atoms with E-state index in [0.29, 0.717) is 10.9 Å². The van der Waals surface area contributed by atoms with Crippen LogP contribution in [0.25, 0.3) is 16.4 Å². The Kier molecular flexibility index (Phi) is 5.99. The van der Waals surface area contributed by atoms with Gasteiger partial charge in [-0.2, -0.15) is 9.78 Å². The highest BCUT2D eigenvalue weighted by atomic mass is 32.1. The Balaban J connectivity index is 1.51. The van der Waals surface area contributed by atoms with Crippen molar-refractivity contribution in [3.05, 3.63) is 71.2 Å². The maximum atomic E-state index is 12.6. The van der Waals surface area contributed by atoms with Crippen LogP contribution in [-0.4, -0.2) is 34.9 Å². The molecule has 0 bridgehead atoms. The molecule has 1 N–H and O–H groups in total. The molecule has 7 nitrogen and oxygen atoms in total. The fourth-order valence-electron chi connectivity index (χ4n) is 3.11. The molecule has 0 aliphatic carbocycles. The Morgan fingerprint density at radius 1 is 1.03 bits per heavy atom. The minimum atomic E-state index is -0.127. The summed E-state index contributed by atoms with van der Waals surface area (Å²) in [5.74, 6) is 2.02. The summed E-state index contributed by atoms with van der Waals surface area (Å²) in [6.07, 6.45) is 0.253. The zero-order chi connectivity index (χ0) is 21.8. The van der Waals surface area contributed by atoms with Gasteiger partial charge in [-0.25, -0.2) is 4.98 Å². The number of methoxy groups -OCH3 is 2. The van der Waals surface area contributed by atoms with E-state index in [0.717, 1.165) is 34.0 Å². The molecule has 0 fully saturated rings. The van der Waals surface area contributed by atoms with Crippen LogP contribution in [0.3, 0.4) is 0 Å². The van der Waals surface area contributed by atoms with Crippen molar-refractivity contribution >= 4 is 23.1 Å². The summed E-state index contributed by atoms with van der Waals surface area (Å²) in [6.45, 7) is 1.88. The van der Waals surface area contributed by atoms with Gasteiger partial charge in [0.1, 0.15) is 17.3 Å². The highest BCUT2D eigenvalue weighted by Crippen LogP contribution is 2.27. The average molecular weight is 435 g/mol. The minimum Gasteiger partial charge on any atom is -0.497 e. The van der Waals surface area contributed by atoms with Crippen LogP contribution in [0.1, 0.15) is 11.3 Å². The number of aromatic nitrogens is 3. The zero-order valence-corrected chi connectivity index (χ0v) is 18.3. The molecule has 4 rings (SSSR count). The second-order valence-electron chi connectivity index (χ2n) is 6.90. The Morgan fingerprint density at radius 2 is 1.68 bits per heavy atom. The van der Waals surface area contributed by atoms with Crippen LogP contribution in [0.5, 0.6) is 11.5 Å². The highest BCUT2D eigenvalue weighted by molar-refractivity contribution is 7.12. The number of carbonyl (C=O) groups excluding carboxylic acids is 1. The standard InChI is InChI=1S/C23H22N4O3S/c1-15-12-21(25-22(28)13-16-4-8-18(29-2)9-5-16)27(26-15)23-24-20(14-31-23)17-6-10-19(30-3)11-7-17/h4-12,14H,13H2,1-3H3,(H,25,28). The van der Waals surface area contributed by atoms with Gasteiger partial charge in [0.05, 0.1) is 32.0 Å². The maximum absolute atomic E-state index is 12.6. The lowest BCUT2D eigenvalue weighted by Crippen LogP contribution is -2.17. The molecule has 0 radical (unpaired) electrons. The van der Waals surface area contributed by atoms with E-state index >= 15 is 0 Å². The summed E-state index contributed by atoms with van der Waals surface area (Å²) in [5, 5.41) is 10.1. The lowest BCUT2D eigenvalue weighted by molar-refractivity contribution is -0.115. The average Bonchev–Trinajstić information content (AvgIpc) is 3.41. The predicted octanol–water partition coefficient (Wildman–Crippen LogP) is 4.50. The number of ether oxygens (including phenoxy) is 2. The van der Waals surface area contributed by atoms with E-state index in [4.69, 9.17) is 14.5 Å². The molecule has 0 aliphatic rings. The molecule has 31 heavy (non-hydrogen) atoms. The molecular formula is C23H22N4O3S. The van der Waals surface area contributed by atoms with E-state index in [2.05, 4.69) is 10.4 Å². The first-order chi connectivity index (χ1) is 15.1. The van der Waals surface area contributed by atoms with Gasteiger partial charge in [0.25, 0.3) is 0 Å². The van der Waals surface area contributed by atoms with Gasteiger partial charge in [-0.05, 0) is 48.9 Å². The van der Waals surface area contributed by atoms with E-state index in [1.807, 2.05) is 66.9 Å². The van der Waals surface area contributed by atoms with Crippen LogP contribution in [0.2, 0.25) is 0 Å². The molecule has 2 heterocycles. The van der Waals surface area contributed by atoms with Gasteiger partial charge >= 0.3 is 0 Å². The molecule has 0 saturated heterocycles. The van der Waals surface area contributed by atoms with E-state index in [1.54, 1.807) is 18.9 Å². The summed E-state index contributed by atoms with van der Waals surface area (Å²) in [7, 11) is 3.25. The van der Waals surface area contributed by atoms with Gasteiger partial charge in [-0.3, -0.25) is 4.79 Å². The predicted molar refractivity (Wildman–Crippen MR) is 121 cm³/mol. The Bertz CT molecular complexity index is 1180. The molecule has 0 saturated carbocycles. The van der Waals surface area contributed by atoms with Crippen molar-refractivity contribution < 1.29 is 14.3 Å². The third-order valence-electron chi connectivity index (χ3n) is 4.68. The summed E-state index contributed by atoms with van der Waals surface area (Å²) < 4.78 is 12.0. The van der Waals surface area contributed by atoms with E-state index in [9.17, 15) is 4.79 Å². The van der Waals surface area contributed by atoms with Crippen LogP contribution >= 0.6 is 11.3 Å². The second kappa shape index (κ2) is 9.01. The van der Waals surface area contributed by atoms with Gasteiger partial charge in [0, 0.05) is 17.0 Å². The molecule has 2 aromatic carbocycles. The number of benzene rings is 2. The number of amides is 1. The molecule has 0 aliphatic heterocycles. The van der Waals surface area contributed by atoms with Crippen molar-refractivity contribution in [2.45, 2.75) is 13.3 Å². The number of nitrogens with zero attached hydrogens (tertiary/aromatic N) is 3. The molecule has 8 heteroatoms. The number of anilines is 1. The molecule has 0 unspecified atom stereocenters.